The molecule has 4 heteroatoms. The van der Waals surface area contributed by atoms with E-state index < -0.39 is 5.97 Å². The lowest BCUT2D eigenvalue weighted by molar-refractivity contribution is -0.140. The van der Waals surface area contributed by atoms with Crippen molar-refractivity contribution in [2.24, 2.45) is 11.1 Å². The molecule has 1 heterocycles. The van der Waals surface area contributed by atoms with Crippen LogP contribution >= 0.6 is 11.8 Å². The molecule has 3 unspecified atom stereocenters. The van der Waals surface area contributed by atoms with Gasteiger partial charge in [-0.25, -0.2) is 0 Å². The summed E-state index contributed by atoms with van der Waals surface area (Å²) in [5, 5.41) is 9.29. The van der Waals surface area contributed by atoms with Crippen LogP contribution in [-0.2, 0) is 4.79 Å². The fraction of sp³-hybridized carbons (Fsp3) is 0.900. The summed E-state index contributed by atoms with van der Waals surface area (Å²) in [6.07, 6.45) is 2.24. The second-order valence-electron chi connectivity index (χ2n) is 4.21. The van der Waals surface area contributed by atoms with Gasteiger partial charge in [0.05, 0.1) is 6.42 Å². The van der Waals surface area contributed by atoms with E-state index in [1.54, 1.807) is 0 Å². The summed E-state index contributed by atoms with van der Waals surface area (Å²) in [7, 11) is 0. The quantitative estimate of drug-likeness (QED) is 0.755. The third kappa shape index (κ3) is 2.23. The number of hydrogen-bond acceptors (Lipinski definition) is 3. The van der Waals surface area contributed by atoms with Crippen LogP contribution in [0.25, 0.3) is 0 Å². The number of carbonyl (C=O) groups is 1. The van der Waals surface area contributed by atoms with E-state index in [9.17, 15) is 4.79 Å². The number of hydrogen-bond donors (Lipinski definition) is 2. The first-order chi connectivity index (χ1) is 6.49. The first-order valence-electron chi connectivity index (χ1n) is 5.08. The minimum Gasteiger partial charge on any atom is -0.481 e. The summed E-state index contributed by atoms with van der Waals surface area (Å²) in [6.45, 7) is 4.04. The molecule has 0 aromatic heterocycles. The molecule has 0 bridgehead atoms. The van der Waals surface area contributed by atoms with Gasteiger partial charge in [0.2, 0.25) is 0 Å². The number of rotatable bonds is 3. The number of nitrogens with two attached hydrogens (primary N) is 1. The normalized spacial score (nSPS) is 35.2. The highest BCUT2D eigenvalue weighted by molar-refractivity contribution is 7.99. The van der Waals surface area contributed by atoms with Crippen molar-refractivity contribution in [3.05, 3.63) is 0 Å². The molecule has 1 aliphatic heterocycles. The van der Waals surface area contributed by atoms with Crippen LogP contribution < -0.4 is 5.73 Å². The molecule has 3 N–H and O–H groups in total. The largest absolute Gasteiger partial charge is 0.481 e. The molecule has 14 heavy (non-hydrogen) atoms. The van der Waals surface area contributed by atoms with E-state index >= 15 is 0 Å². The van der Waals surface area contributed by atoms with Crippen molar-refractivity contribution in [3.8, 4) is 0 Å². The smallest absolute Gasteiger partial charge is 0.304 e. The maximum absolute atomic E-state index is 10.9. The maximum Gasteiger partial charge on any atom is 0.304 e. The fourth-order valence-electron chi connectivity index (χ4n) is 2.30. The Kier molecular flexibility index (Phi) is 3.84. The van der Waals surface area contributed by atoms with Gasteiger partial charge in [0, 0.05) is 16.7 Å². The second kappa shape index (κ2) is 4.53. The number of carboxylic acids is 1. The van der Waals surface area contributed by atoms with Crippen LogP contribution in [-0.4, -0.2) is 28.1 Å². The summed E-state index contributed by atoms with van der Waals surface area (Å²) in [5.74, 6) is 0.409. The molecular formula is C10H19NO2S. The number of carboxylic acid groups (broad SMARTS) is 1. The minimum absolute atomic E-state index is 0.0404. The van der Waals surface area contributed by atoms with Crippen LogP contribution in [0.5, 0.6) is 0 Å². The van der Waals surface area contributed by atoms with Crippen molar-refractivity contribution >= 4 is 17.7 Å². The first-order valence-corrected chi connectivity index (χ1v) is 6.13. The van der Waals surface area contributed by atoms with E-state index in [1.807, 2.05) is 18.7 Å². The molecule has 0 spiro atoms. The van der Waals surface area contributed by atoms with E-state index in [0.717, 1.165) is 18.6 Å². The molecule has 3 nitrogen and oxygen atoms in total. The van der Waals surface area contributed by atoms with E-state index in [-0.39, 0.29) is 17.9 Å². The molecule has 0 amide bonds. The minimum atomic E-state index is -0.725. The summed E-state index contributed by atoms with van der Waals surface area (Å²) in [4.78, 5) is 10.9. The summed E-state index contributed by atoms with van der Waals surface area (Å²) >= 11 is 1.85. The van der Waals surface area contributed by atoms with E-state index in [4.69, 9.17) is 10.8 Å². The molecule has 0 aromatic carbocycles. The molecule has 0 aromatic rings. The van der Waals surface area contributed by atoms with Crippen LogP contribution in [0.1, 0.15) is 33.1 Å². The van der Waals surface area contributed by atoms with Crippen molar-refractivity contribution in [2.75, 3.05) is 5.75 Å². The Balaban J connectivity index is 2.83. The average molecular weight is 217 g/mol. The van der Waals surface area contributed by atoms with E-state index in [2.05, 4.69) is 6.92 Å². The Morgan fingerprint density at radius 3 is 2.86 bits per heavy atom. The van der Waals surface area contributed by atoms with Crippen LogP contribution in [0, 0.1) is 5.41 Å². The van der Waals surface area contributed by atoms with Gasteiger partial charge in [-0.05, 0) is 25.5 Å². The predicted octanol–water partition coefficient (Wildman–Crippen LogP) is 1.71. The molecule has 3 atom stereocenters. The summed E-state index contributed by atoms with van der Waals surface area (Å²) in [5.41, 5.74) is 5.76. The zero-order valence-electron chi connectivity index (χ0n) is 8.82. The fourth-order valence-corrected chi connectivity index (χ4v) is 3.72. The average Bonchev–Trinajstić information content (AvgIpc) is 2.08. The van der Waals surface area contributed by atoms with Crippen molar-refractivity contribution in [3.63, 3.8) is 0 Å². The third-order valence-corrected chi connectivity index (χ3v) is 4.85. The van der Waals surface area contributed by atoms with Crippen molar-refractivity contribution in [1.29, 1.82) is 0 Å². The first kappa shape index (κ1) is 11.9. The third-order valence-electron chi connectivity index (χ3n) is 3.35. The van der Waals surface area contributed by atoms with E-state index in [1.165, 1.54) is 0 Å². The standard InChI is InChI=1S/C10H19NO2S/c1-7(11)10(6-9(12)13)4-3-5-14-8(10)2/h7-8H,3-6,11H2,1-2H3,(H,12,13). The predicted molar refractivity (Wildman–Crippen MR) is 59.5 cm³/mol. The molecule has 82 valence electrons. The Morgan fingerprint density at radius 1 is 1.79 bits per heavy atom. The van der Waals surface area contributed by atoms with Gasteiger partial charge >= 0.3 is 5.97 Å². The number of aliphatic carboxylic acids is 1. The lowest BCUT2D eigenvalue weighted by Gasteiger charge is -2.44. The second-order valence-corrected chi connectivity index (χ2v) is 5.66. The Morgan fingerprint density at radius 2 is 2.43 bits per heavy atom. The molecule has 0 saturated carbocycles. The topological polar surface area (TPSA) is 63.3 Å². The molecular weight excluding hydrogens is 198 g/mol. The monoisotopic (exact) mass is 217 g/mol. The van der Waals surface area contributed by atoms with Crippen LogP contribution in [0.4, 0.5) is 0 Å². The highest BCUT2D eigenvalue weighted by Crippen LogP contribution is 2.45. The van der Waals surface area contributed by atoms with Gasteiger partial charge in [0.15, 0.2) is 0 Å². The van der Waals surface area contributed by atoms with Crippen LogP contribution in [0.15, 0.2) is 0 Å². The summed E-state index contributed by atoms with van der Waals surface area (Å²) < 4.78 is 0. The van der Waals surface area contributed by atoms with Gasteiger partial charge in [-0.1, -0.05) is 6.92 Å². The van der Waals surface area contributed by atoms with Gasteiger partial charge in [-0.15, -0.1) is 0 Å². The number of thioether (sulfide) groups is 1. The molecule has 0 radical (unpaired) electrons. The molecule has 1 fully saturated rings. The SMILES string of the molecule is CC(N)C1(CC(=O)O)CCCSC1C. The highest BCUT2D eigenvalue weighted by Gasteiger charge is 2.43. The van der Waals surface area contributed by atoms with Gasteiger partial charge in [0.1, 0.15) is 0 Å². The van der Waals surface area contributed by atoms with Crippen molar-refractivity contribution < 1.29 is 9.90 Å². The van der Waals surface area contributed by atoms with Gasteiger partial charge in [-0.3, -0.25) is 4.79 Å². The Hall–Kier alpha value is -0.220. The lowest BCUT2D eigenvalue weighted by atomic mass is 9.72. The van der Waals surface area contributed by atoms with E-state index in [0.29, 0.717) is 5.25 Å². The Labute approximate surface area is 89.4 Å². The Bertz CT molecular complexity index is 220. The van der Waals surface area contributed by atoms with Crippen molar-refractivity contribution in [2.45, 2.75) is 44.4 Å². The van der Waals surface area contributed by atoms with Gasteiger partial charge in [-0.2, -0.15) is 11.8 Å². The summed E-state index contributed by atoms with van der Waals surface area (Å²) in [6, 6.07) is -0.0404. The van der Waals surface area contributed by atoms with Gasteiger partial charge < -0.3 is 10.8 Å². The molecule has 0 aliphatic carbocycles. The van der Waals surface area contributed by atoms with Crippen LogP contribution in [0.2, 0.25) is 0 Å². The molecule has 1 aliphatic rings. The van der Waals surface area contributed by atoms with Crippen molar-refractivity contribution in [1.82, 2.24) is 0 Å². The highest BCUT2D eigenvalue weighted by atomic mass is 32.2. The molecule has 1 saturated heterocycles. The molecule has 1 rings (SSSR count). The zero-order valence-corrected chi connectivity index (χ0v) is 9.64. The lowest BCUT2D eigenvalue weighted by Crippen LogP contribution is -2.49. The zero-order chi connectivity index (χ0) is 10.8. The van der Waals surface area contributed by atoms with Gasteiger partial charge in [0.25, 0.3) is 0 Å². The van der Waals surface area contributed by atoms with Crippen LogP contribution in [0.3, 0.4) is 0 Å². The maximum atomic E-state index is 10.9.